The molecule has 0 N–H and O–H groups in total. The van der Waals surface area contributed by atoms with E-state index in [1.54, 1.807) is 0 Å². The van der Waals surface area contributed by atoms with Crippen LogP contribution in [0.15, 0.2) is 211 Å². The Morgan fingerprint density at radius 2 is 1.13 bits per heavy atom. The second-order valence-electron chi connectivity index (χ2n) is 14.6. The lowest BCUT2D eigenvalue weighted by Gasteiger charge is -2.31. The van der Waals surface area contributed by atoms with Gasteiger partial charge in [-0.3, -0.25) is 4.99 Å². The van der Waals surface area contributed by atoms with Crippen molar-refractivity contribution in [2.45, 2.75) is 18.8 Å². The van der Waals surface area contributed by atoms with Crippen molar-refractivity contribution < 1.29 is 0 Å². The summed E-state index contributed by atoms with van der Waals surface area (Å²) < 4.78 is 0. The van der Waals surface area contributed by atoms with Crippen LogP contribution in [0.4, 0.5) is 5.69 Å². The molecule has 8 aromatic rings. The summed E-state index contributed by atoms with van der Waals surface area (Å²) in [6, 6.07) is 66.8. The lowest BCUT2D eigenvalue weighted by molar-refractivity contribution is 0.894. The van der Waals surface area contributed by atoms with Crippen molar-refractivity contribution in [2.24, 2.45) is 4.99 Å². The average Bonchev–Trinajstić information content (AvgIpc) is 3.74. The highest BCUT2D eigenvalue weighted by Gasteiger charge is 2.52. The minimum absolute atomic E-state index is 0.540. The highest BCUT2D eigenvalue weighted by atomic mass is 14.8. The normalized spacial score (nSPS) is 15.5. The highest BCUT2D eigenvalue weighted by Crippen LogP contribution is 2.60. The molecule has 1 spiro atoms. The van der Waals surface area contributed by atoms with Gasteiger partial charge in [-0.2, -0.15) is 0 Å². The van der Waals surface area contributed by atoms with Crippen molar-refractivity contribution in [2.75, 3.05) is 0 Å². The van der Waals surface area contributed by atoms with E-state index < -0.39 is 5.41 Å². The summed E-state index contributed by atoms with van der Waals surface area (Å²) in [7, 11) is 0. The summed E-state index contributed by atoms with van der Waals surface area (Å²) >= 11 is 0. The van der Waals surface area contributed by atoms with Crippen LogP contribution in [0, 0.1) is 0 Å². The first-order valence-electron chi connectivity index (χ1n) is 19.2. The standard InChI is InChI=1S/C54H39N/c1-2-3-5-24-52-54(49-22-10-11-23-51(49)55-52)50-36-45(30-31-47(50)48-32-29-41-17-8-9-21-46(41)53(48)54)44-20-13-19-43(35-44)42-18-12-14-38(34-42)33-37-25-27-40(28-26-37)39-15-6-4-7-16-39/h2-32,34-36H,33H2,1H3/b3-2-,24-5-. The molecule has 0 saturated carbocycles. The molecule has 1 unspecified atom stereocenters. The van der Waals surface area contributed by atoms with Gasteiger partial charge in [0.1, 0.15) is 0 Å². The summed E-state index contributed by atoms with van der Waals surface area (Å²) in [5, 5.41) is 2.52. The van der Waals surface area contributed by atoms with Crippen LogP contribution in [0.3, 0.4) is 0 Å². The molecular weight excluding hydrogens is 663 g/mol. The first kappa shape index (κ1) is 32.8. The predicted octanol–water partition coefficient (Wildman–Crippen LogP) is 14.0. The van der Waals surface area contributed by atoms with Gasteiger partial charge in [0.15, 0.2) is 0 Å². The third-order valence-electron chi connectivity index (χ3n) is 11.4. The second kappa shape index (κ2) is 13.5. The van der Waals surface area contributed by atoms with Gasteiger partial charge in [-0.05, 0) is 121 Å². The molecule has 1 atom stereocenters. The Morgan fingerprint density at radius 1 is 0.473 bits per heavy atom. The molecule has 0 fully saturated rings. The number of nitrogens with zero attached hydrogens (tertiary/aromatic N) is 1. The van der Waals surface area contributed by atoms with Crippen LogP contribution >= 0.6 is 0 Å². The van der Waals surface area contributed by atoms with Crippen molar-refractivity contribution >= 4 is 22.2 Å². The van der Waals surface area contributed by atoms with Crippen LogP contribution < -0.4 is 0 Å². The van der Waals surface area contributed by atoms with Crippen molar-refractivity contribution in [3.05, 3.63) is 234 Å². The van der Waals surface area contributed by atoms with Crippen molar-refractivity contribution in [1.29, 1.82) is 0 Å². The topological polar surface area (TPSA) is 12.4 Å². The molecule has 0 radical (unpaired) electrons. The van der Waals surface area contributed by atoms with Crippen LogP contribution in [0.25, 0.3) is 55.3 Å². The number of hydrogen-bond acceptors (Lipinski definition) is 1. The number of allylic oxidation sites excluding steroid dienone is 4. The Bertz CT molecular complexity index is 2840. The third-order valence-corrected chi connectivity index (χ3v) is 11.4. The predicted molar refractivity (Wildman–Crippen MR) is 232 cm³/mol. The monoisotopic (exact) mass is 701 g/mol. The van der Waals surface area contributed by atoms with E-state index in [0.717, 1.165) is 17.8 Å². The first-order valence-corrected chi connectivity index (χ1v) is 19.2. The van der Waals surface area contributed by atoms with E-state index >= 15 is 0 Å². The van der Waals surface area contributed by atoms with Gasteiger partial charge in [0.05, 0.1) is 16.8 Å². The largest absolute Gasteiger partial charge is 0.251 e. The minimum atomic E-state index is -0.540. The zero-order valence-corrected chi connectivity index (χ0v) is 30.8. The summed E-state index contributed by atoms with van der Waals surface area (Å²) in [4.78, 5) is 5.37. The maximum absolute atomic E-state index is 5.37. The first-order chi connectivity index (χ1) is 27.2. The van der Waals surface area contributed by atoms with Crippen LogP contribution in [-0.2, 0) is 11.8 Å². The number of benzene rings is 8. The molecule has 1 heterocycles. The van der Waals surface area contributed by atoms with Gasteiger partial charge in [-0.25, -0.2) is 0 Å². The molecule has 0 aromatic heterocycles. The quantitative estimate of drug-likeness (QED) is 0.147. The molecule has 2 aliphatic rings. The van der Waals surface area contributed by atoms with Crippen molar-refractivity contribution in [3.8, 4) is 44.5 Å². The van der Waals surface area contributed by atoms with Gasteiger partial charge in [-0.15, -0.1) is 0 Å². The Balaban J connectivity index is 1.05. The number of rotatable bonds is 7. The number of fused-ring (bicyclic) bond motifs is 9. The summed E-state index contributed by atoms with van der Waals surface area (Å²) in [5.74, 6) is 0. The van der Waals surface area contributed by atoms with Gasteiger partial charge >= 0.3 is 0 Å². The Kier molecular flexibility index (Phi) is 8.07. The second-order valence-corrected chi connectivity index (χ2v) is 14.6. The molecule has 1 aliphatic carbocycles. The van der Waals surface area contributed by atoms with Crippen LogP contribution in [0.1, 0.15) is 34.7 Å². The average molecular weight is 702 g/mol. The van der Waals surface area contributed by atoms with Crippen LogP contribution in [0.5, 0.6) is 0 Å². The summed E-state index contributed by atoms with van der Waals surface area (Å²) in [6.07, 6.45) is 9.41. The van der Waals surface area contributed by atoms with Gasteiger partial charge < -0.3 is 0 Å². The molecule has 0 bridgehead atoms. The highest BCUT2D eigenvalue weighted by molar-refractivity contribution is 6.20. The molecular formula is C54H39N. The van der Waals surface area contributed by atoms with E-state index in [9.17, 15) is 0 Å². The molecule has 0 saturated heterocycles. The van der Waals surface area contributed by atoms with Gasteiger partial charge in [0.25, 0.3) is 0 Å². The van der Waals surface area contributed by atoms with Gasteiger partial charge in [0.2, 0.25) is 0 Å². The lowest BCUT2D eigenvalue weighted by atomic mass is 9.68. The number of aliphatic imine (C=N–C) groups is 1. The lowest BCUT2D eigenvalue weighted by Crippen LogP contribution is -2.33. The van der Waals surface area contributed by atoms with Gasteiger partial charge in [-0.1, -0.05) is 182 Å². The summed E-state index contributed by atoms with van der Waals surface area (Å²) in [5.41, 5.74) is 17.9. The van der Waals surface area contributed by atoms with Crippen molar-refractivity contribution in [1.82, 2.24) is 0 Å². The maximum Gasteiger partial charge on any atom is 0.0913 e. The van der Waals surface area contributed by atoms with Crippen LogP contribution in [0.2, 0.25) is 0 Å². The van der Waals surface area contributed by atoms with Gasteiger partial charge in [0, 0.05) is 0 Å². The minimum Gasteiger partial charge on any atom is -0.251 e. The maximum atomic E-state index is 5.37. The zero-order valence-electron chi connectivity index (χ0n) is 30.8. The molecule has 55 heavy (non-hydrogen) atoms. The number of hydrogen-bond donors (Lipinski definition) is 0. The van der Waals surface area contributed by atoms with E-state index in [2.05, 4.69) is 213 Å². The fourth-order valence-corrected chi connectivity index (χ4v) is 8.93. The van der Waals surface area contributed by atoms with E-state index in [1.165, 1.54) is 83.1 Å². The van der Waals surface area contributed by atoms with E-state index in [4.69, 9.17) is 4.99 Å². The Hall–Kier alpha value is -6.83. The molecule has 1 aliphatic heterocycles. The molecule has 1 heteroatoms. The smallest absolute Gasteiger partial charge is 0.0913 e. The van der Waals surface area contributed by atoms with Crippen LogP contribution in [-0.4, -0.2) is 5.71 Å². The third kappa shape index (κ3) is 5.51. The summed E-state index contributed by atoms with van der Waals surface area (Å²) in [6.45, 7) is 2.06. The Labute approximate surface area is 323 Å². The fraction of sp³-hybridized carbons (Fsp3) is 0.0556. The molecule has 10 rings (SSSR count). The van der Waals surface area contributed by atoms with E-state index in [0.29, 0.717) is 0 Å². The zero-order chi connectivity index (χ0) is 36.8. The number of para-hydroxylation sites is 1. The van der Waals surface area contributed by atoms with E-state index in [1.807, 2.05) is 0 Å². The molecule has 8 aromatic carbocycles. The van der Waals surface area contributed by atoms with E-state index in [-0.39, 0.29) is 0 Å². The molecule has 1 nitrogen and oxygen atoms in total. The molecule has 260 valence electrons. The van der Waals surface area contributed by atoms with Crippen molar-refractivity contribution in [3.63, 3.8) is 0 Å². The Morgan fingerprint density at radius 3 is 1.96 bits per heavy atom. The SMILES string of the molecule is C/C=C\C=C/C1=Nc2ccccc2C12c1cc(-c3cccc(-c4cccc(Cc5ccc(-c6ccccc6)cc5)c4)c3)ccc1-c1ccc3ccccc3c12. The fourth-order valence-electron chi connectivity index (χ4n) is 8.93. The molecule has 0 amide bonds.